The Bertz CT molecular complexity index is 831. The molecule has 0 unspecified atom stereocenters. The van der Waals surface area contributed by atoms with Crippen molar-refractivity contribution >= 4 is 10.9 Å². The molecule has 0 aliphatic rings. The lowest BCUT2D eigenvalue weighted by molar-refractivity contribution is 0.759. The molecule has 0 spiro atoms. The van der Waals surface area contributed by atoms with Gasteiger partial charge in [-0.25, -0.2) is 0 Å². The number of hydrogen-bond donors (Lipinski definition) is 0. The van der Waals surface area contributed by atoms with Crippen molar-refractivity contribution in [3.05, 3.63) is 70.5 Å². The second-order valence-corrected chi connectivity index (χ2v) is 5.21. The Hall–Kier alpha value is -2.35. The monoisotopic (exact) mass is 277 g/mol. The van der Waals surface area contributed by atoms with Crippen LogP contribution in [0.25, 0.3) is 22.0 Å². The summed E-state index contributed by atoms with van der Waals surface area (Å²) in [4.78, 5) is 12.4. The van der Waals surface area contributed by atoms with E-state index in [2.05, 4.69) is 37.3 Å². The molecule has 21 heavy (non-hydrogen) atoms. The van der Waals surface area contributed by atoms with Gasteiger partial charge in [0.25, 0.3) is 5.56 Å². The quantitative estimate of drug-likeness (QED) is 0.701. The molecule has 0 aliphatic heterocycles. The van der Waals surface area contributed by atoms with Gasteiger partial charge in [-0.05, 0) is 36.1 Å². The highest BCUT2D eigenvalue weighted by Gasteiger charge is 2.10. The number of hydrogen-bond acceptors (Lipinski definition) is 1. The number of pyridine rings is 1. The molecule has 2 nitrogen and oxygen atoms in total. The molecule has 106 valence electrons. The van der Waals surface area contributed by atoms with Crippen molar-refractivity contribution in [2.24, 2.45) is 0 Å². The molecule has 3 rings (SSSR count). The minimum Gasteiger partial charge on any atom is -0.309 e. The summed E-state index contributed by atoms with van der Waals surface area (Å²) in [5.41, 5.74) is 4.46. The third kappa shape index (κ3) is 2.38. The second kappa shape index (κ2) is 5.57. The van der Waals surface area contributed by atoms with E-state index >= 15 is 0 Å². The Morgan fingerprint density at radius 2 is 1.71 bits per heavy atom. The van der Waals surface area contributed by atoms with Crippen LogP contribution >= 0.6 is 0 Å². The Kier molecular flexibility index (Phi) is 3.61. The first kappa shape index (κ1) is 13.6. The van der Waals surface area contributed by atoms with Crippen LogP contribution in [0.5, 0.6) is 0 Å². The maximum atomic E-state index is 12.4. The normalized spacial score (nSPS) is 11.0. The maximum Gasteiger partial charge on any atom is 0.251 e. The molecule has 0 fully saturated rings. The summed E-state index contributed by atoms with van der Waals surface area (Å²) < 4.78 is 1.85. The van der Waals surface area contributed by atoms with Crippen LogP contribution < -0.4 is 5.56 Å². The largest absolute Gasteiger partial charge is 0.309 e. The fourth-order valence-corrected chi connectivity index (χ4v) is 2.83. The number of aryl methyl sites for hydroxylation is 2. The SMILES string of the molecule is CCc1ccc2c(-c3ccccc3)cc(=O)n(CC)c2c1. The van der Waals surface area contributed by atoms with E-state index in [0.29, 0.717) is 6.54 Å². The van der Waals surface area contributed by atoms with Gasteiger partial charge >= 0.3 is 0 Å². The van der Waals surface area contributed by atoms with E-state index in [0.717, 1.165) is 28.5 Å². The Morgan fingerprint density at radius 3 is 2.38 bits per heavy atom. The predicted octanol–water partition coefficient (Wildman–Crippen LogP) is 4.25. The summed E-state index contributed by atoms with van der Waals surface area (Å²) in [6.45, 7) is 4.84. The molecular weight excluding hydrogens is 258 g/mol. The summed E-state index contributed by atoms with van der Waals surface area (Å²) in [5, 5.41) is 1.14. The van der Waals surface area contributed by atoms with Gasteiger partial charge in [-0.2, -0.15) is 0 Å². The van der Waals surface area contributed by atoms with Crippen LogP contribution in [0.4, 0.5) is 0 Å². The van der Waals surface area contributed by atoms with Crippen LogP contribution in [-0.4, -0.2) is 4.57 Å². The van der Waals surface area contributed by atoms with Gasteiger partial charge < -0.3 is 4.57 Å². The van der Waals surface area contributed by atoms with E-state index in [1.165, 1.54) is 5.56 Å². The zero-order valence-corrected chi connectivity index (χ0v) is 12.5. The van der Waals surface area contributed by atoms with Crippen molar-refractivity contribution in [3.8, 4) is 11.1 Å². The minimum atomic E-state index is 0.0668. The van der Waals surface area contributed by atoms with Crippen LogP contribution in [0.3, 0.4) is 0 Å². The molecular formula is C19H19NO. The molecule has 1 heterocycles. The van der Waals surface area contributed by atoms with Crippen LogP contribution in [0.1, 0.15) is 19.4 Å². The van der Waals surface area contributed by atoms with E-state index in [4.69, 9.17) is 0 Å². The summed E-state index contributed by atoms with van der Waals surface area (Å²) in [7, 11) is 0. The second-order valence-electron chi connectivity index (χ2n) is 5.21. The van der Waals surface area contributed by atoms with E-state index in [1.807, 2.05) is 29.7 Å². The standard InChI is InChI=1S/C19H19NO/c1-3-14-10-11-16-17(15-8-6-5-7-9-15)13-19(21)20(4-2)18(16)12-14/h5-13H,3-4H2,1-2H3. The van der Waals surface area contributed by atoms with Crippen LogP contribution in [0.15, 0.2) is 59.4 Å². The van der Waals surface area contributed by atoms with Crippen molar-refractivity contribution in [1.82, 2.24) is 4.57 Å². The maximum absolute atomic E-state index is 12.4. The lowest BCUT2D eigenvalue weighted by atomic mass is 9.99. The van der Waals surface area contributed by atoms with Crippen molar-refractivity contribution < 1.29 is 0 Å². The average Bonchev–Trinajstić information content (AvgIpc) is 2.54. The van der Waals surface area contributed by atoms with Gasteiger partial charge in [0.2, 0.25) is 0 Å². The molecule has 0 atom stereocenters. The molecule has 0 radical (unpaired) electrons. The van der Waals surface area contributed by atoms with Crippen LogP contribution in [0, 0.1) is 0 Å². The third-order valence-electron chi connectivity index (χ3n) is 3.99. The minimum absolute atomic E-state index is 0.0668. The molecule has 0 aliphatic carbocycles. The predicted molar refractivity (Wildman–Crippen MR) is 88.7 cm³/mol. The van der Waals surface area contributed by atoms with E-state index < -0.39 is 0 Å². The average molecular weight is 277 g/mol. The topological polar surface area (TPSA) is 22.0 Å². The first-order valence-electron chi connectivity index (χ1n) is 7.46. The Morgan fingerprint density at radius 1 is 0.952 bits per heavy atom. The Labute approximate surface area is 124 Å². The lowest BCUT2D eigenvalue weighted by Crippen LogP contribution is -2.19. The number of aromatic nitrogens is 1. The lowest BCUT2D eigenvalue weighted by Gasteiger charge is -2.13. The Balaban J connectivity index is 2.40. The van der Waals surface area contributed by atoms with Gasteiger partial charge in [0.1, 0.15) is 0 Å². The van der Waals surface area contributed by atoms with E-state index in [-0.39, 0.29) is 5.56 Å². The van der Waals surface area contributed by atoms with Gasteiger partial charge in [-0.1, -0.05) is 49.4 Å². The molecule has 0 N–H and O–H groups in total. The summed E-state index contributed by atoms with van der Waals surface area (Å²) in [5.74, 6) is 0. The fourth-order valence-electron chi connectivity index (χ4n) is 2.83. The summed E-state index contributed by atoms with van der Waals surface area (Å²) in [6, 6.07) is 18.3. The van der Waals surface area contributed by atoms with Crippen molar-refractivity contribution in [3.63, 3.8) is 0 Å². The van der Waals surface area contributed by atoms with Crippen LogP contribution in [0.2, 0.25) is 0 Å². The number of rotatable bonds is 3. The molecule has 0 saturated heterocycles. The summed E-state index contributed by atoms with van der Waals surface area (Å²) in [6.07, 6.45) is 0.976. The smallest absolute Gasteiger partial charge is 0.251 e. The van der Waals surface area contributed by atoms with Gasteiger partial charge in [-0.3, -0.25) is 4.79 Å². The van der Waals surface area contributed by atoms with Crippen molar-refractivity contribution in [1.29, 1.82) is 0 Å². The fraction of sp³-hybridized carbons (Fsp3) is 0.211. The molecule has 2 heteroatoms. The zero-order valence-electron chi connectivity index (χ0n) is 12.5. The van der Waals surface area contributed by atoms with E-state index in [9.17, 15) is 4.79 Å². The highest BCUT2D eigenvalue weighted by molar-refractivity contribution is 5.95. The van der Waals surface area contributed by atoms with E-state index in [1.54, 1.807) is 6.07 Å². The van der Waals surface area contributed by atoms with Crippen molar-refractivity contribution in [2.75, 3.05) is 0 Å². The van der Waals surface area contributed by atoms with Crippen molar-refractivity contribution in [2.45, 2.75) is 26.8 Å². The molecule has 1 aromatic heterocycles. The molecule has 2 aromatic carbocycles. The van der Waals surface area contributed by atoms with Gasteiger partial charge in [-0.15, -0.1) is 0 Å². The first-order chi connectivity index (χ1) is 10.2. The van der Waals surface area contributed by atoms with Crippen LogP contribution in [-0.2, 0) is 13.0 Å². The highest BCUT2D eigenvalue weighted by Crippen LogP contribution is 2.27. The highest BCUT2D eigenvalue weighted by atomic mass is 16.1. The van der Waals surface area contributed by atoms with Gasteiger partial charge in [0.15, 0.2) is 0 Å². The molecule has 0 bridgehead atoms. The van der Waals surface area contributed by atoms with Gasteiger partial charge in [0, 0.05) is 18.0 Å². The molecule has 0 saturated carbocycles. The molecule has 0 amide bonds. The first-order valence-corrected chi connectivity index (χ1v) is 7.46. The number of fused-ring (bicyclic) bond motifs is 1. The number of nitrogens with zero attached hydrogens (tertiary/aromatic N) is 1. The molecule has 3 aromatic rings. The zero-order chi connectivity index (χ0) is 14.8. The summed E-state index contributed by atoms with van der Waals surface area (Å²) >= 11 is 0. The van der Waals surface area contributed by atoms with Gasteiger partial charge in [0.05, 0.1) is 5.52 Å². The number of benzene rings is 2. The third-order valence-corrected chi connectivity index (χ3v) is 3.99.